The van der Waals surface area contributed by atoms with Gasteiger partial charge >= 0.3 is 0 Å². The van der Waals surface area contributed by atoms with Gasteiger partial charge in [0.2, 0.25) is 0 Å². The summed E-state index contributed by atoms with van der Waals surface area (Å²) in [6.45, 7) is 4.38. The molecule has 78 valence electrons. The summed E-state index contributed by atoms with van der Waals surface area (Å²) in [5, 5.41) is 1.94. The number of thiazole rings is 1. The van der Waals surface area contributed by atoms with Crippen LogP contribution in [0.15, 0.2) is 10.9 Å². The van der Waals surface area contributed by atoms with E-state index in [2.05, 4.69) is 15.0 Å². The maximum atomic E-state index is 5.63. The summed E-state index contributed by atoms with van der Waals surface area (Å²) in [6.07, 6.45) is 0. The van der Waals surface area contributed by atoms with Gasteiger partial charge in [-0.3, -0.25) is 0 Å². The Bertz CT molecular complexity index is 441. The van der Waals surface area contributed by atoms with Crippen molar-refractivity contribution >= 4 is 11.3 Å². The Morgan fingerprint density at radius 3 is 2.40 bits per heavy atom. The summed E-state index contributed by atoms with van der Waals surface area (Å²) in [5.41, 5.74) is 11.1. The highest BCUT2D eigenvalue weighted by atomic mass is 32.1. The highest BCUT2D eigenvalue weighted by molar-refractivity contribution is 7.07. The number of nitrogens with two attached hydrogens (primary N) is 1. The number of hydrogen-bond donors (Lipinski definition) is 1. The molecule has 0 saturated carbocycles. The van der Waals surface area contributed by atoms with Crippen LogP contribution in [0.4, 0.5) is 0 Å². The second-order valence-corrected chi connectivity index (χ2v) is 3.99. The van der Waals surface area contributed by atoms with Crippen LogP contribution in [0.2, 0.25) is 0 Å². The number of aryl methyl sites for hydroxylation is 2. The average molecular weight is 220 g/mol. The van der Waals surface area contributed by atoms with E-state index in [4.69, 9.17) is 5.73 Å². The fraction of sp³-hybridized carbons (Fsp3) is 0.300. The van der Waals surface area contributed by atoms with Crippen LogP contribution in [0.25, 0.3) is 11.5 Å². The minimum atomic E-state index is 0.481. The largest absolute Gasteiger partial charge is 0.326 e. The molecule has 5 heteroatoms. The van der Waals surface area contributed by atoms with E-state index >= 15 is 0 Å². The van der Waals surface area contributed by atoms with Crippen LogP contribution in [0.5, 0.6) is 0 Å². The molecule has 0 spiro atoms. The van der Waals surface area contributed by atoms with Crippen molar-refractivity contribution < 1.29 is 0 Å². The van der Waals surface area contributed by atoms with E-state index < -0.39 is 0 Å². The Hall–Kier alpha value is -1.33. The second kappa shape index (κ2) is 4.04. The molecule has 2 N–H and O–H groups in total. The third-order valence-corrected chi connectivity index (χ3v) is 2.87. The minimum Gasteiger partial charge on any atom is -0.326 e. The zero-order chi connectivity index (χ0) is 10.8. The van der Waals surface area contributed by atoms with Crippen molar-refractivity contribution in [3.63, 3.8) is 0 Å². The molecule has 0 amide bonds. The molecule has 0 aliphatic rings. The molecule has 0 aliphatic heterocycles. The highest BCUT2D eigenvalue weighted by Gasteiger charge is 2.09. The van der Waals surface area contributed by atoms with E-state index in [0.29, 0.717) is 12.4 Å². The summed E-state index contributed by atoms with van der Waals surface area (Å²) in [7, 11) is 0. The molecule has 2 rings (SSSR count). The Balaban J connectivity index is 2.53. The molecule has 0 unspecified atom stereocenters. The molecular formula is C10H12N4S. The smallest absolute Gasteiger partial charge is 0.179 e. The molecular weight excluding hydrogens is 208 g/mol. The van der Waals surface area contributed by atoms with Crippen molar-refractivity contribution in [3.8, 4) is 11.5 Å². The summed E-state index contributed by atoms with van der Waals surface area (Å²) >= 11 is 1.54. The standard InChI is InChI=1S/C10H12N4S/c1-6-8(3-11)7(2)14-10(13-6)9-4-15-5-12-9/h4-5H,3,11H2,1-2H3. The lowest BCUT2D eigenvalue weighted by atomic mass is 10.1. The van der Waals surface area contributed by atoms with E-state index in [-0.39, 0.29) is 0 Å². The number of aromatic nitrogens is 3. The molecule has 0 atom stereocenters. The fourth-order valence-electron chi connectivity index (χ4n) is 1.47. The lowest BCUT2D eigenvalue weighted by Gasteiger charge is -2.07. The zero-order valence-electron chi connectivity index (χ0n) is 8.69. The lowest BCUT2D eigenvalue weighted by molar-refractivity contribution is 0.936. The van der Waals surface area contributed by atoms with Gasteiger partial charge in [0.25, 0.3) is 0 Å². The van der Waals surface area contributed by atoms with Crippen LogP contribution in [-0.4, -0.2) is 15.0 Å². The monoisotopic (exact) mass is 220 g/mol. The fourth-order valence-corrected chi connectivity index (χ4v) is 2.00. The topological polar surface area (TPSA) is 64.7 Å². The first-order chi connectivity index (χ1) is 7.22. The normalized spacial score (nSPS) is 10.6. The zero-order valence-corrected chi connectivity index (χ0v) is 9.51. The van der Waals surface area contributed by atoms with Gasteiger partial charge in [-0.2, -0.15) is 0 Å². The van der Waals surface area contributed by atoms with Crippen molar-refractivity contribution in [2.75, 3.05) is 0 Å². The van der Waals surface area contributed by atoms with E-state index in [9.17, 15) is 0 Å². The first kappa shape index (κ1) is 10.2. The summed E-state index contributed by atoms with van der Waals surface area (Å²) in [4.78, 5) is 13.0. The molecule has 0 aromatic carbocycles. The summed E-state index contributed by atoms with van der Waals surface area (Å²) in [5.74, 6) is 0.684. The summed E-state index contributed by atoms with van der Waals surface area (Å²) in [6, 6.07) is 0. The molecule has 2 aromatic rings. The number of rotatable bonds is 2. The van der Waals surface area contributed by atoms with Gasteiger partial charge in [-0.1, -0.05) is 0 Å². The van der Waals surface area contributed by atoms with Crippen molar-refractivity contribution in [3.05, 3.63) is 27.8 Å². The first-order valence-corrected chi connectivity index (χ1v) is 5.59. The van der Waals surface area contributed by atoms with Gasteiger partial charge in [0.15, 0.2) is 5.82 Å². The van der Waals surface area contributed by atoms with Crippen LogP contribution in [0.3, 0.4) is 0 Å². The predicted octanol–water partition coefficient (Wildman–Crippen LogP) is 1.68. The third-order valence-electron chi connectivity index (χ3n) is 2.29. The second-order valence-electron chi connectivity index (χ2n) is 3.27. The molecule has 15 heavy (non-hydrogen) atoms. The van der Waals surface area contributed by atoms with E-state index in [0.717, 1.165) is 22.6 Å². The van der Waals surface area contributed by atoms with Crippen LogP contribution < -0.4 is 5.73 Å². The molecule has 0 saturated heterocycles. The van der Waals surface area contributed by atoms with Crippen molar-refractivity contribution in [2.24, 2.45) is 5.73 Å². The molecule has 0 fully saturated rings. The van der Waals surface area contributed by atoms with Gasteiger partial charge in [-0.05, 0) is 13.8 Å². The molecule has 0 bridgehead atoms. The number of nitrogens with zero attached hydrogens (tertiary/aromatic N) is 3. The third kappa shape index (κ3) is 1.88. The van der Waals surface area contributed by atoms with Gasteiger partial charge in [-0.25, -0.2) is 15.0 Å². The van der Waals surface area contributed by atoms with Crippen molar-refractivity contribution in [1.29, 1.82) is 0 Å². The number of hydrogen-bond acceptors (Lipinski definition) is 5. The molecule has 0 radical (unpaired) electrons. The Labute approximate surface area is 92.2 Å². The van der Waals surface area contributed by atoms with Gasteiger partial charge in [0, 0.05) is 28.9 Å². The van der Waals surface area contributed by atoms with E-state index in [1.165, 1.54) is 0 Å². The summed E-state index contributed by atoms with van der Waals surface area (Å²) < 4.78 is 0. The Kier molecular flexibility index (Phi) is 2.75. The maximum Gasteiger partial charge on any atom is 0.179 e. The molecule has 2 heterocycles. The predicted molar refractivity (Wildman–Crippen MR) is 60.5 cm³/mol. The van der Waals surface area contributed by atoms with Crippen LogP contribution in [0.1, 0.15) is 17.0 Å². The van der Waals surface area contributed by atoms with E-state index in [1.807, 2.05) is 19.2 Å². The van der Waals surface area contributed by atoms with Crippen LogP contribution in [0, 0.1) is 13.8 Å². The van der Waals surface area contributed by atoms with Crippen molar-refractivity contribution in [1.82, 2.24) is 15.0 Å². The quantitative estimate of drug-likeness (QED) is 0.836. The van der Waals surface area contributed by atoms with Gasteiger partial charge in [-0.15, -0.1) is 11.3 Å². The molecule has 4 nitrogen and oxygen atoms in total. The van der Waals surface area contributed by atoms with Gasteiger partial charge in [0.05, 0.1) is 5.51 Å². The Morgan fingerprint density at radius 2 is 1.93 bits per heavy atom. The molecule has 2 aromatic heterocycles. The minimum absolute atomic E-state index is 0.481. The first-order valence-electron chi connectivity index (χ1n) is 4.65. The molecule has 0 aliphatic carbocycles. The van der Waals surface area contributed by atoms with Gasteiger partial charge in [0.1, 0.15) is 5.69 Å². The lowest BCUT2D eigenvalue weighted by Crippen LogP contribution is -2.07. The van der Waals surface area contributed by atoms with Crippen LogP contribution >= 0.6 is 11.3 Å². The average Bonchev–Trinajstić information content (AvgIpc) is 2.69. The highest BCUT2D eigenvalue weighted by Crippen LogP contribution is 2.18. The maximum absolute atomic E-state index is 5.63. The van der Waals surface area contributed by atoms with Gasteiger partial charge < -0.3 is 5.73 Å². The SMILES string of the molecule is Cc1nc(-c2cscn2)nc(C)c1CN. The van der Waals surface area contributed by atoms with E-state index in [1.54, 1.807) is 16.8 Å². The Morgan fingerprint density at radius 1 is 1.27 bits per heavy atom. The van der Waals surface area contributed by atoms with Crippen LogP contribution in [-0.2, 0) is 6.54 Å². The van der Waals surface area contributed by atoms with Crippen molar-refractivity contribution in [2.45, 2.75) is 20.4 Å².